The standard InChI is InChI=1S/C21H28O3/c1-14(2)17(12-15-8-6-5-7-9-15)24-19(23)21-11-10-16(13-18(21)22)20(21,3)4/h5-9,14,16-17H,10-13H2,1-4H3/t16-,17+,21+/m1/s1. The molecule has 2 saturated carbocycles. The van der Waals surface area contributed by atoms with E-state index in [0.717, 1.165) is 12.0 Å². The Morgan fingerprint density at radius 3 is 2.42 bits per heavy atom. The van der Waals surface area contributed by atoms with E-state index in [-0.39, 0.29) is 29.2 Å². The van der Waals surface area contributed by atoms with Crippen molar-refractivity contribution in [3.8, 4) is 0 Å². The summed E-state index contributed by atoms with van der Waals surface area (Å²) < 4.78 is 5.97. The van der Waals surface area contributed by atoms with E-state index in [4.69, 9.17) is 4.74 Å². The van der Waals surface area contributed by atoms with Crippen molar-refractivity contribution in [2.75, 3.05) is 0 Å². The van der Waals surface area contributed by atoms with Crippen LogP contribution in [0.3, 0.4) is 0 Å². The van der Waals surface area contributed by atoms with Gasteiger partial charge in [0, 0.05) is 12.8 Å². The number of hydrogen-bond donors (Lipinski definition) is 0. The highest BCUT2D eigenvalue weighted by atomic mass is 16.5. The molecule has 1 aromatic rings. The summed E-state index contributed by atoms with van der Waals surface area (Å²) >= 11 is 0. The number of ether oxygens (including phenoxy) is 1. The third kappa shape index (κ3) is 2.49. The maximum absolute atomic E-state index is 13.1. The molecule has 0 aliphatic heterocycles. The molecule has 0 spiro atoms. The number of hydrogen-bond acceptors (Lipinski definition) is 3. The molecule has 0 aromatic heterocycles. The van der Waals surface area contributed by atoms with Crippen LogP contribution < -0.4 is 0 Å². The van der Waals surface area contributed by atoms with Gasteiger partial charge in [0.25, 0.3) is 0 Å². The average Bonchev–Trinajstić information content (AvgIpc) is 2.90. The molecular formula is C21H28O3. The van der Waals surface area contributed by atoms with Gasteiger partial charge >= 0.3 is 5.97 Å². The van der Waals surface area contributed by atoms with E-state index in [1.165, 1.54) is 0 Å². The zero-order valence-electron chi connectivity index (χ0n) is 15.2. The van der Waals surface area contributed by atoms with Crippen LogP contribution in [-0.2, 0) is 20.7 Å². The zero-order valence-corrected chi connectivity index (χ0v) is 15.2. The molecule has 0 heterocycles. The Hall–Kier alpha value is -1.64. The number of Topliss-reactive ketones (excluding diaryl/α,β-unsaturated/α-hetero) is 1. The molecule has 3 heteroatoms. The highest BCUT2D eigenvalue weighted by Crippen LogP contribution is 2.64. The molecule has 0 saturated heterocycles. The molecule has 0 radical (unpaired) electrons. The van der Waals surface area contributed by atoms with Crippen LogP contribution in [0.5, 0.6) is 0 Å². The number of ketones is 1. The second kappa shape index (κ2) is 6.02. The lowest BCUT2D eigenvalue weighted by Gasteiger charge is -2.36. The van der Waals surface area contributed by atoms with E-state index >= 15 is 0 Å². The number of benzene rings is 1. The first-order chi connectivity index (χ1) is 11.3. The molecule has 2 bridgehead atoms. The van der Waals surface area contributed by atoms with Crippen LogP contribution in [0.1, 0.15) is 52.5 Å². The largest absolute Gasteiger partial charge is 0.461 e. The van der Waals surface area contributed by atoms with Gasteiger partial charge in [-0.15, -0.1) is 0 Å². The van der Waals surface area contributed by atoms with Crippen molar-refractivity contribution in [3.05, 3.63) is 35.9 Å². The van der Waals surface area contributed by atoms with Crippen LogP contribution in [-0.4, -0.2) is 17.9 Å². The first-order valence-corrected chi connectivity index (χ1v) is 9.07. The van der Waals surface area contributed by atoms with E-state index in [0.29, 0.717) is 25.2 Å². The molecule has 1 aromatic carbocycles. The van der Waals surface area contributed by atoms with Crippen molar-refractivity contribution in [3.63, 3.8) is 0 Å². The van der Waals surface area contributed by atoms with Gasteiger partial charge in [-0.3, -0.25) is 9.59 Å². The maximum atomic E-state index is 13.1. The SMILES string of the molecule is CC(C)[C@H](Cc1ccccc1)OC(=O)[C@]12CC[C@H](CC1=O)C2(C)C. The molecule has 2 aliphatic carbocycles. The minimum atomic E-state index is -0.915. The van der Waals surface area contributed by atoms with Crippen LogP contribution >= 0.6 is 0 Å². The van der Waals surface area contributed by atoms with Crippen molar-refractivity contribution in [1.29, 1.82) is 0 Å². The minimum Gasteiger partial charge on any atom is -0.461 e. The Balaban J connectivity index is 1.80. The summed E-state index contributed by atoms with van der Waals surface area (Å²) in [6, 6.07) is 10.1. The minimum absolute atomic E-state index is 0.0935. The number of fused-ring (bicyclic) bond motifs is 2. The Labute approximate surface area is 144 Å². The highest BCUT2D eigenvalue weighted by molar-refractivity contribution is 6.07. The summed E-state index contributed by atoms with van der Waals surface area (Å²) in [5, 5.41) is 0. The molecule has 130 valence electrons. The Bertz CT molecular complexity index is 632. The van der Waals surface area contributed by atoms with Crippen LogP contribution in [0.4, 0.5) is 0 Å². The molecule has 3 atom stereocenters. The second-order valence-electron chi connectivity index (χ2n) is 8.37. The van der Waals surface area contributed by atoms with Gasteiger partial charge < -0.3 is 4.74 Å². The van der Waals surface area contributed by atoms with Gasteiger partial charge in [0.2, 0.25) is 0 Å². The normalized spacial score (nSPS) is 29.0. The van der Waals surface area contributed by atoms with Crippen molar-refractivity contribution in [2.45, 2.75) is 59.5 Å². The second-order valence-corrected chi connectivity index (χ2v) is 8.37. The third-order valence-corrected chi connectivity index (χ3v) is 6.53. The highest BCUT2D eigenvalue weighted by Gasteiger charge is 2.69. The van der Waals surface area contributed by atoms with E-state index in [2.05, 4.69) is 39.8 Å². The summed E-state index contributed by atoms with van der Waals surface area (Å²) in [5.74, 6) is 0.342. The fourth-order valence-corrected chi connectivity index (χ4v) is 4.65. The quantitative estimate of drug-likeness (QED) is 0.601. The number of esters is 1. The lowest BCUT2D eigenvalue weighted by Crippen LogP contribution is -2.46. The lowest BCUT2D eigenvalue weighted by atomic mass is 9.69. The molecule has 2 fully saturated rings. The number of rotatable bonds is 5. The van der Waals surface area contributed by atoms with Gasteiger partial charge in [-0.2, -0.15) is 0 Å². The molecule has 2 aliphatic rings. The lowest BCUT2D eigenvalue weighted by molar-refractivity contribution is -0.171. The number of carbonyl (C=O) groups is 2. The van der Waals surface area contributed by atoms with Crippen LogP contribution in [0.25, 0.3) is 0 Å². The van der Waals surface area contributed by atoms with Gasteiger partial charge in [0.05, 0.1) is 0 Å². The van der Waals surface area contributed by atoms with E-state index in [9.17, 15) is 9.59 Å². The molecule has 3 rings (SSSR count). The molecule has 0 amide bonds. The average molecular weight is 328 g/mol. The Kier molecular flexibility index (Phi) is 4.31. The fraction of sp³-hybridized carbons (Fsp3) is 0.619. The van der Waals surface area contributed by atoms with Crippen molar-refractivity contribution >= 4 is 11.8 Å². The predicted molar refractivity (Wildman–Crippen MR) is 93.4 cm³/mol. The summed E-state index contributed by atoms with van der Waals surface area (Å²) in [5.41, 5.74) is -0.0421. The van der Waals surface area contributed by atoms with Gasteiger partial charge in [-0.25, -0.2) is 0 Å². The summed E-state index contributed by atoms with van der Waals surface area (Å²) in [6.45, 7) is 8.27. The summed E-state index contributed by atoms with van der Waals surface area (Å²) in [7, 11) is 0. The molecular weight excluding hydrogens is 300 g/mol. The van der Waals surface area contributed by atoms with Crippen LogP contribution in [0, 0.1) is 22.7 Å². The smallest absolute Gasteiger partial charge is 0.320 e. The van der Waals surface area contributed by atoms with Gasteiger partial charge in [-0.05, 0) is 35.7 Å². The molecule has 0 N–H and O–H groups in total. The third-order valence-electron chi connectivity index (χ3n) is 6.53. The Morgan fingerprint density at radius 2 is 1.92 bits per heavy atom. The van der Waals surface area contributed by atoms with E-state index < -0.39 is 5.41 Å². The molecule has 24 heavy (non-hydrogen) atoms. The molecule has 3 nitrogen and oxygen atoms in total. The summed E-state index contributed by atoms with van der Waals surface area (Å²) in [6.07, 6.45) is 2.64. The molecule has 0 unspecified atom stereocenters. The maximum Gasteiger partial charge on any atom is 0.320 e. The van der Waals surface area contributed by atoms with Crippen LogP contribution in [0.2, 0.25) is 0 Å². The van der Waals surface area contributed by atoms with Crippen molar-refractivity contribution < 1.29 is 14.3 Å². The van der Waals surface area contributed by atoms with Gasteiger partial charge in [0.15, 0.2) is 5.78 Å². The van der Waals surface area contributed by atoms with Gasteiger partial charge in [-0.1, -0.05) is 58.0 Å². The van der Waals surface area contributed by atoms with Gasteiger partial charge in [0.1, 0.15) is 11.5 Å². The Morgan fingerprint density at radius 1 is 1.25 bits per heavy atom. The van der Waals surface area contributed by atoms with Crippen LogP contribution in [0.15, 0.2) is 30.3 Å². The predicted octanol–water partition coefficient (Wildman–Crippen LogP) is 4.19. The fourth-order valence-electron chi connectivity index (χ4n) is 4.65. The monoisotopic (exact) mass is 328 g/mol. The van der Waals surface area contributed by atoms with Crippen molar-refractivity contribution in [1.82, 2.24) is 0 Å². The topological polar surface area (TPSA) is 43.4 Å². The number of carbonyl (C=O) groups excluding carboxylic acids is 2. The van der Waals surface area contributed by atoms with E-state index in [1.807, 2.05) is 18.2 Å². The van der Waals surface area contributed by atoms with E-state index in [1.54, 1.807) is 0 Å². The zero-order chi connectivity index (χ0) is 17.5. The van der Waals surface area contributed by atoms with Crippen molar-refractivity contribution in [2.24, 2.45) is 22.7 Å². The first kappa shape index (κ1) is 17.2. The summed E-state index contributed by atoms with van der Waals surface area (Å²) in [4.78, 5) is 25.7. The first-order valence-electron chi connectivity index (χ1n) is 9.07.